The van der Waals surface area contributed by atoms with Gasteiger partial charge in [0.1, 0.15) is 0 Å². The molecule has 2 aromatic rings. The van der Waals surface area contributed by atoms with Gasteiger partial charge in [-0.25, -0.2) is 8.42 Å². The molecule has 130 valence electrons. The molecule has 0 aliphatic carbocycles. The summed E-state index contributed by atoms with van der Waals surface area (Å²) in [5.41, 5.74) is 2.77. The molecule has 0 N–H and O–H groups in total. The second-order valence-electron chi connectivity index (χ2n) is 5.88. The normalized spacial score (nSPS) is 15.6. The minimum absolute atomic E-state index is 0.0467. The Hall–Kier alpha value is -2.51. The summed E-state index contributed by atoms with van der Waals surface area (Å²) in [5, 5.41) is 10.7. The molecule has 25 heavy (non-hydrogen) atoms. The highest BCUT2D eigenvalue weighted by Gasteiger charge is 2.25. The maximum absolute atomic E-state index is 12.6. The zero-order valence-electron chi connectivity index (χ0n) is 13.5. The van der Waals surface area contributed by atoms with Crippen LogP contribution in [0.1, 0.15) is 17.5 Å². The van der Waals surface area contributed by atoms with E-state index in [2.05, 4.69) is 0 Å². The average Bonchev–Trinajstić information content (AvgIpc) is 2.63. The van der Waals surface area contributed by atoms with Crippen molar-refractivity contribution >= 4 is 21.3 Å². The molecule has 0 radical (unpaired) electrons. The predicted octanol–water partition coefficient (Wildman–Crippen LogP) is 3.21. The van der Waals surface area contributed by atoms with Crippen molar-refractivity contribution in [2.24, 2.45) is 0 Å². The topological polar surface area (TPSA) is 80.5 Å². The summed E-state index contributed by atoms with van der Waals surface area (Å²) >= 11 is 0. The van der Waals surface area contributed by atoms with Crippen LogP contribution < -0.4 is 0 Å². The Labute approximate surface area is 146 Å². The van der Waals surface area contributed by atoms with Gasteiger partial charge in [0.25, 0.3) is 5.69 Å². The fraction of sp³-hybridized carbons (Fsp3) is 0.222. The van der Waals surface area contributed by atoms with E-state index in [1.165, 1.54) is 28.6 Å². The zero-order valence-corrected chi connectivity index (χ0v) is 14.4. The molecule has 0 bridgehead atoms. The predicted molar refractivity (Wildman–Crippen MR) is 96.3 cm³/mol. The van der Waals surface area contributed by atoms with Crippen molar-refractivity contribution in [3.8, 4) is 0 Å². The molecule has 3 rings (SSSR count). The summed E-state index contributed by atoms with van der Waals surface area (Å²) in [6.07, 6.45) is 2.62. The lowest BCUT2D eigenvalue weighted by atomic mass is 10.0. The van der Waals surface area contributed by atoms with Crippen LogP contribution in [-0.4, -0.2) is 30.7 Å². The van der Waals surface area contributed by atoms with Crippen LogP contribution in [-0.2, 0) is 15.8 Å². The summed E-state index contributed by atoms with van der Waals surface area (Å²) in [6, 6.07) is 15.6. The molecule has 1 aliphatic heterocycles. The molecular weight excluding hydrogens is 340 g/mol. The van der Waals surface area contributed by atoms with Crippen LogP contribution in [0.3, 0.4) is 0 Å². The van der Waals surface area contributed by atoms with Crippen molar-refractivity contribution in [2.45, 2.75) is 12.2 Å². The monoisotopic (exact) mass is 358 g/mol. The molecule has 0 saturated carbocycles. The van der Waals surface area contributed by atoms with E-state index in [0.29, 0.717) is 25.1 Å². The highest BCUT2D eigenvalue weighted by Crippen LogP contribution is 2.24. The third kappa shape index (κ3) is 4.12. The Morgan fingerprint density at radius 1 is 1.04 bits per heavy atom. The molecule has 0 saturated heterocycles. The van der Waals surface area contributed by atoms with Crippen LogP contribution in [0.4, 0.5) is 5.69 Å². The van der Waals surface area contributed by atoms with Crippen LogP contribution in [0.5, 0.6) is 0 Å². The maximum Gasteiger partial charge on any atom is 0.269 e. The van der Waals surface area contributed by atoms with Crippen LogP contribution in [0.25, 0.3) is 5.57 Å². The van der Waals surface area contributed by atoms with Gasteiger partial charge in [0, 0.05) is 25.2 Å². The molecule has 1 heterocycles. The van der Waals surface area contributed by atoms with Crippen LogP contribution in [0.2, 0.25) is 0 Å². The number of nitrogens with zero attached hydrogens (tertiary/aromatic N) is 2. The van der Waals surface area contributed by atoms with Gasteiger partial charge in [-0.15, -0.1) is 0 Å². The summed E-state index contributed by atoms with van der Waals surface area (Å²) in [4.78, 5) is 10.2. The highest BCUT2D eigenvalue weighted by molar-refractivity contribution is 7.88. The van der Waals surface area contributed by atoms with Gasteiger partial charge in [-0.1, -0.05) is 48.5 Å². The van der Waals surface area contributed by atoms with Gasteiger partial charge >= 0.3 is 0 Å². The summed E-state index contributed by atoms with van der Waals surface area (Å²) in [7, 11) is -3.46. The molecule has 6 nitrogen and oxygen atoms in total. The van der Waals surface area contributed by atoms with Gasteiger partial charge in [-0.05, 0) is 23.1 Å². The SMILES string of the molecule is O=[N+]([O-])c1ccc(CS(=O)(=O)N2CC=C(c3ccccc3)CC2)cc1. The van der Waals surface area contributed by atoms with E-state index in [4.69, 9.17) is 0 Å². The minimum Gasteiger partial charge on any atom is -0.258 e. The highest BCUT2D eigenvalue weighted by atomic mass is 32.2. The van der Waals surface area contributed by atoms with Crippen LogP contribution in [0.15, 0.2) is 60.7 Å². The van der Waals surface area contributed by atoms with E-state index >= 15 is 0 Å². The van der Waals surface area contributed by atoms with Crippen molar-refractivity contribution in [3.05, 3.63) is 81.9 Å². The summed E-state index contributed by atoms with van der Waals surface area (Å²) in [5.74, 6) is -0.153. The average molecular weight is 358 g/mol. The summed E-state index contributed by atoms with van der Waals surface area (Å²) < 4.78 is 26.6. The van der Waals surface area contributed by atoms with Gasteiger partial charge in [0.05, 0.1) is 10.7 Å². The Kier molecular flexibility index (Phi) is 4.96. The summed E-state index contributed by atoms with van der Waals surface area (Å²) in [6.45, 7) is 0.787. The molecule has 0 aromatic heterocycles. The number of hydrogen-bond acceptors (Lipinski definition) is 4. The number of non-ortho nitro benzene ring substituents is 1. The maximum atomic E-state index is 12.6. The lowest BCUT2D eigenvalue weighted by Crippen LogP contribution is -2.35. The van der Waals surface area contributed by atoms with Crippen molar-refractivity contribution in [1.29, 1.82) is 0 Å². The lowest BCUT2D eigenvalue weighted by Gasteiger charge is -2.26. The van der Waals surface area contributed by atoms with Crippen molar-refractivity contribution in [2.75, 3.05) is 13.1 Å². The van der Waals surface area contributed by atoms with Crippen LogP contribution in [0, 0.1) is 10.1 Å². The van der Waals surface area contributed by atoms with Crippen molar-refractivity contribution in [1.82, 2.24) is 4.31 Å². The third-order valence-corrected chi connectivity index (χ3v) is 6.02. The standard InChI is InChI=1S/C18H18N2O4S/c21-20(22)18-8-6-15(7-9-18)14-25(23,24)19-12-10-17(11-13-19)16-4-2-1-3-5-16/h1-10H,11-14H2. The van der Waals surface area contributed by atoms with Crippen LogP contribution >= 0.6 is 0 Å². The quantitative estimate of drug-likeness (QED) is 0.607. The fourth-order valence-corrected chi connectivity index (χ4v) is 4.30. The number of benzene rings is 2. The molecule has 0 spiro atoms. The first kappa shape index (κ1) is 17.3. The molecule has 7 heteroatoms. The molecule has 2 aromatic carbocycles. The smallest absolute Gasteiger partial charge is 0.258 e. The largest absolute Gasteiger partial charge is 0.269 e. The third-order valence-electron chi connectivity index (χ3n) is 4.21. The van der Waals surface area contributed by atoms with E-state index in [1.807, 2.05) is 36.4 Å². The molecule has 1 aliphatic rings. The molecular formula is C18H18N2O4S. The van der Waals surface area contributed by atoms with Crippen molar-refractivity contribution < 1.29 is 13.3 Å². The first-order valence-electron chi connectivity index (χ1n) is 7.91. The first-order chi connectivity index (χ1) is 12.0. The van der Waals surface area contributed by atoms with E-state index in [9.17, 15) is 18.5 Å². The zero-order chi connectivity index (χ0) is 17.9. The molecule has 0 atom stereocenters. The Balaban J connectivity index is 1.69. The second-order valence-corrected chi connectivity index (χ2v) is 7.85. The molecule has 0 amide bonds. The fourth-order valence-electron chi connectivity index (χ4n) is 2.83. The number of hydrogen-bond donors (Lipinski definition) is 0. The number of sulfonamides is 1. The van der Waals surface area contributed by atoms with Crippen molar-refractivity contribution in [3.63, 3.8) is 0 Å². The minimum atomic E-state index is -3.46. The number of nitro groups is 1. The van der Waals surface area contributed by atoms with E-state index in [-0.39, 0.29) is 11.4 Å². The number of nitro benzene ring substituents is 1. The van der Waals surface area contributed by atoms with Gasteiger partial charge < -0.3 is 0 Å². The Morgan fingerprint density at radius 2 is 1.72 bits per heavy atom. The van der Waals surface area contributed by atoms with E-state index < -0.39 is 14.9 Å². The van der Waals surface area contributed by atoms with E-state index in [0.717, 1.165) is 11.1 Å². The van der Waals surface area contributed by atoms with Gasteiger partial charge in [-0.3, -0.25) is 10.1 Å². The van der Waals surface area contributed by atoms with E-state index in [1.54, 1.807) is 0 Å². The molecule has 0 unspecified atom stereocenters. The number of rotatable bonds is 5. The Bertz CT molecular complexity index is 890. The van der Waals surface area contributed by atoms with Gasteiger partial charge in [-0.2, -0.15) is 4.31 Å². The Morgan fingerprint density at radius 3 is 2.28 bits per heavy atom. The van der Waals surface area contributed by atoms with Gasteiger partial charge in [0.2, 0.25) is 10.0 Å². The lowest BCUT2D eigenvalue weighted by molar-refractivity contribution is -0.384. The van der Waals surface area contributed by atoms with Gasteiger partial charge in [0.15, 0.2) is 0 Å². The second kappa shape index (κ2) is 7.16. The first-order valence-corrected chi connectivity index (χ1v) is 9.52. The molecule has 0 fully saturated rings.